The van der Waals surface area contributed by atoms with E-state index in [4.69, 9.17) is 16.3 Å². The second-order valence-electron chi connectivity index (χ2n) is 6.17. The Hall–Kier alpha value is -1.64. The second-order valence-corrected chi connectivity index (χ2v) is 8.32. The summed E-state index contributed by atoms with van der Waals surface area (Å²) in [5.74, 6) is -1.62. The lowest BCUT2D eigenvalue weighted by Crippen LogP contribution is -2.47. The van der Waals surface area contributed by atoms with Crippen LogP contribution in [0.5, 0.6) is 0 Å². The molecular formula is C17H25ClN2O5S. The normalized spacial score (nSPS) is 13.9. The highest BCUT2D eigenvalue weighted by molar-refractivity contribution is 7.89. The van der Waals surface area contributed by atoms with Crippen LogP contribution in [0.2, 0.25) is 5.02 Å². The summed E-state index contributed by atoms with van der Waals surface area (Å²) in [7, 11) is -3.95. The average molecular weight is 405 g/mol. The van der Waals surface area contributed by atoms with Crippen LogP contribution in [-0.2, 0) is 24.3 Å². The van der Waals surface area contributed by atoms with Gasteiger partial charge in [-0.25, -0.2) is 8.42 Å². The first-order valence-corrected chi connectivity index (χ1v) is 10.2. The number of carbonyl (C=O) groups is 2. The largest absolute Gasteiger partial charge is 0.451 e. The van der Waals surface area contributed by atoms with E-state index in [0.29, 0.717) is 11.6 Å². The maximum atomic E-state index is 12.5. The quantitative estimate of drug-likeness (QED) is 0.613. The Kier molecular flexibility index (Phi) is 8.52. The molecule has 0 aliphatic carbocycles. The van der Waals surface area contributed by atoms with E-state index in [9.17, 15) is 18.0 Å². The molecule has 9 heteroatoms. The van der Waals surface area contributed by atoms with Gasteiger partial charge in [0, 0.05) is 11.6 Å². The van der Waals surface area contributed by atoms with E-state index >= 15 is 0 Å². The van der Waals surface area contributed by atoms with Gasteiger partial charge in [-0.3, -0.25) is 9.59 Å². The second kappa shape index (κ2) is 9.89. The van der Waals surface area contributed by atoms with Crippen molar-refractivity contribution in [3.05, 3.63) is 29.3 Å². The van der Waals surface area contributed by atoms with E-state index in [1.165, 1.54) is 31.2 Å². The Morgan fingerprint density at radius 2 is 1.73 bits per heavy atom. The molecule has 1 amide bonds. The van der Waals surface area contributed by atoms with Crippen LogP contribution in [0.25, 0.3) is 0 Å². The van der Waals surface area contributed by atoms with Crippen LogP contribution in [-0.4, -0.2) is 39.0 Å². The molecule has 0 bridgehead atoms. The molecule has 1 rings (SSSR count). The molecule has 0 saturated heterocycles. The van der Waals surface area contributed by atoms with Gasteiger partial charge in [-0.2, -0.15) is 4.72 Å². The molecule has 0 heterocycles. The Balaban J connectivity index is 2.86. The van der Waals surface area contributed by atoms with E-state index in [1.54, 1.807) is 13.8 Å². The fraction of sp³-hybridized carbons (Fsp3) is 0.529. The van der Waals surface area contributed by atoms with Crippen molar-refractivity contribution in [3.63, 3.8) is 0 Å². The number of hydrogen-bond acceptors (Lipinski definition) is 5. The smallest absolute Gasteiger partial charge is 0.325 e. The van der Waals surface area contributed by atoms with Gasteiger partial charge in [-0.15, -0.1) is 0 Å². The van der Waals surface area contributed by atoms with Gasteiger partial charge in [-0.05, 0) is 43.5 Å². The van der Waals surface area contributed by atoms with Crippen molar-refractivity contribution in [2.45, 2.75) is 51.2 Å². The first-order valence-electron chi connectivity index (χ1n) is 8.34. The van der Waals surface area contributed by atoms with Gasteiger partial charge >= 0.3 is 5.97 Å². The molecule has 2 N–H and O–H groups in total. The first kappa shape index (κ1) is 22.4. The molecule has 26 heavy (non-hydrogen) atoms. The van der Waals surface area contributed by atoms with Crippen molar-refractivity contribution in [2.24, 2.45) is 5.92 Å². The number of benzene rings is 1. The van der Waals surface area contributed by atoms with Crippen molar-refractivity contribution in [1.82, 2.24) is 10.0 Å². The van der Waals surface area contributed by atoms with Crippen LogP contribution in [0.15, 0.2) is 29.2 Å². The van der Waals surface area contributed by atoms with Gasteiger partial charge in [0.05, 0.1) is 4.90 Å². The van der Waals surface area contributed by atoms with Crippen molar-refractivity contribution in [3.8, 4) is 0 Å². The van der Waals surface area contributed by atoms with Crippen LogP contribution in [0.3, 0.4) is 0 Å². The predicted octanol–water partition coefficient (Wildman–Crippen LogP) is 2.10. The van der Waals surface area contributed by atoms with Gasteiger partial charge in [0.15, 0.2) is 6.10 Å². The minimum atomic E-state index is -3.95. The summed E-state index contributed by atoms with van der Waals surface area (Å²) in [5, 5.41) is 3.02. The van der Waals surface area contributed by atoms with Crippen LogP contribution < -0.4 is 10.0 Å². The summed E-state index contributed by atoms with van der Waals surface area (Å²) in [6, 6.07) is 4.44. The maximum Gasteiger partial charge on any atom is 0.325 e. The summed E-state index contributed by atoms with van der Waals surface area (Å²) in [5.41, 5.74) is 0. The minimum Gasteiger partial charge on any atom is -0.451 e. The highest BCUT2D eigenvalue weighted by Crippen LogP contribution is 2.16. The van der Waals surface area contributed by atoms with Crippen LogP contribution in [0, 0.1) is 5.92 Å². The molecule has 0 radical (unpaired) electrons. The predicted molar refractivity (Wildman–Crippen MR) is 99.3 cm³/mol. The third-order valence-electron chi connectivity index (χ3n) is 3.54. The number of esters is 1. The van der Waals surface area contributed by atoms with Gasteiger partial charge in [0.25, 0.3) is 5.91 Å². The molecule has 0 aliphatic rings. The maximum absolute atomic E-state index is 12.5. The summed E-state index contributed by atoms with van der Waals surface area (Å²) in [6.07, 6.45) is -0.266. The third-order valence-corrected chi connectivity index (χ3v) is 5.25. The molecule has 146 valence electrons. The van der Waals surface area contributed by atoms with Gasteiger partial charge < -0.3 is 10.1 Å². The summed E-state index contributed by atoms with van der Waals surface area (Å²) >= 11 is 5.76. The van der Waals surface area contributed by atoms with E-state index in [-0.39, 0.29) is 10.8 Å². The Morgan fingerprint density at radius 1 is 1.15 bits per heavy atom. The minimum absolute atomic E-state index is 0.0194. The number of carbonyl (C=O) groups excluding carboxylic acids is 2. The molecule has 0 spiro atoms. The standard InChI is InChI=1S/C17H25ClN2O5S/c1-5-10-19-16(21)12(4)25-17(22)15(11(2)3)20-26(23,24)14-8-6-13(18)7-9-14/h6-9,11-12,15,20H,5,10H2,1-4H3,(H,19,21)/t12-,15+/m1/s1. The zero-order valence-corrected chi connectivity index (χ0v) is 16.9. The molecule has 7 nitrogen and oxygen atoms in total. The monoisotopic (exact) mass is 404 g/mol. The highest BCUT2D eigenvalue weighted by atomic mass is 35.5. The fourth-order valence-corrected chi connectivity index (χ4v) is 3.46. The first-order chi connectivity index (χ1) is 12.1. The van der Waals surface area contributed by atoms with Gasteiger partial charge in [-0.1, -0.05) is 32.4 Å². The number of amides is 1. The molecule has 1 aromatic carbocycles. The molecule has 0 saturated carbocycles. The van der Waals surface area contributed by atoms with Crippen molar-refractivity contribution in [2.75, 3.05) is 6.54 Å². The number of halogens is 1. The summed E-state index contributed by atoms with van der Waals surface area (Å²) in [6.45, 7) is 7.17. The molecule has 0 aliphatic heterocycles. The number of rotatable bonds is 9. The Morgan fingerprint density at radius 3 is 2.23 bits per heavy atom. The zero-order chi connectivity index (χ0) is 19.9. The van der Waals surface area contributed by atoms with Crippen molar-refractivity contribution < 1.29 is 22.7 Å². The van der Waals surface area contributed by atoms with Crippen LogP contribution in [0.1, 0.15) is 34.1 Å². The SMILES string of the molecule is CCCNC(=O)[C@@H](C)OC(=O)[C@@H](NS(=O)(=O)c1ccc(Cl)cc1)C(C)C. The molecular weight excluding hydrogens is 380 g/mol. The Bertz CT molecular complexity index is 719. The zero-order valence-electron chi connectivity index (χ0n) is 15.3. The lowest BCUT2D eigenvalue weighted by Gasteiger charge is -2.22. The Labute approximate surface area is 159 Å². The summed E-state index contributed by atoms with van der Waals surface area (Å²) in [4.78, 5) is 24.2. The third kappa shape index (κ3) is 6.59. The number of nitrogens with one attached hydrogen (secondary N) is 2. The number of sulfonamides is 1. The molecule has 0 aromatic heterocycles. The van der Waals surface area contributed by atoms with E-state index in [1.807, 2.05) is 6.92 Å². The van der Waals surface area contributed by atoms with Crippen LogP contribution >= 0.6 is 11.6 Å². The van der Waals surface area contributed by atoms with Crippen LogP contribution in [0.4, 0.5) is 0 Å². The van der Waals surface area contributed by atoms with Crippen molar-refractivity contribution in [1.29, 1.82) is 0 Å². The average Bonchev–Trinajstić information content (AvgIpc) is 2.57. The number of hydrogen-bond donors (Lipinski definition) is 2. The lowest BCUT2D eigenvalue weighted by atomic mass is 10.1. The molecule has 1 aromatic rings. The molecule has 0 unspecified atom stereocenters. The molecule has 2 atom stereocenters. The van der Waals surface area contributed by atoms with E-state index < -0.39 is 34.0 Å². The van der Waals surface area contributed by atoms with Gasteiger partial charge in [0.2, 0.25) is 10.0 Å². The van der Waals surface area contributed by atoms with Crippen molar-refractivity contribution >= 4 is 33.5 Å². The van der Waals surface area contributed by atoms with Gasteiger partial charge in [0.1, 0.15) is 6.04 Å². The highest BCUT2D eigenvalue weighted by Gasteiger charge is 2.31. The number of ether oxygens (including phenoxy) is 1. The lowest BCUT2D eigenvalue weighted by molar-refractivity contribution is -0.157. The topological polar surface area (TPSA) is 102 Å². The van der Waals surface area contributed by atoms with E-state index in [0.717, 1.165) is 6.42 Å². The van der Waals surface area contributed by atoms with E-state index in [2.05, 4.69) is 10.0 Å². The molecule has 0 fully saturated rings. The fourth-order valence-electron chi connectivity index (χ4n) is 2.00. The summed E-state index contributed by atoms with van der Waals surface area (Å²) < 4.78 is 32.4.